The zero-order valence-corrected chi connectivity index (χ0v) is 18.8. The second-order valence-electron chi connectivity index (χ2n) is 8.51. The lowest BCUT2D eigenvalue weighted by Crippen LogP contribution is -2.63. The molecule has 0 bridgehead atoms. The summed E-state index contributed by atoms with van der Waals surface area (Å²) in [4.78, 5) is 12.9. The minimum Gasteiger partial charge on any atom is -0.493 e. The van der Waals surface area contributed by atoms with Gasteiger partial charge in [-0.3, -0.25) is 9.00 Å². The van der Waals surface area contributed by atoms with Crippen molar-refractivity contribution < 1.29 is 18.5 Å². The lowest BCUT2D eigenvalue weighted by molar-refractivity contribution is -0.128. The Balaban J connectivity index is 3.19. The topological polar surface area (TPSA) is 76.7 Å². The van der Waals surface area contributed by atoms with Gasteiger partial charge < -0.3 is 14.8 Å². The molecule has 0 spiro atoms. The van der Waals surface area contributed by atoms with E-state index in [0.29, 0.717) is 11.5 Å². The van der Waals surface area contributed by atoms with Crippen LogP contribution in [-0.4, -0.2) is 47.5 Å². The highest BCUT2D eigenvalue weighted by atomic mass is 32.2. The zero-order chi connectivity index (χ0) is 21.3. The molecule has 0 aliphatic rings. The van der Waals surface area contributed by atoms with E-state index in [9.17, 15) is 9.00 Å². The number of hydrogen-bond donors (Lipinski definition) is 2. The molecule has 0 radical (unpaired) electrons. The molecule has 27 heavy (non-hydrogen) atoms. The fourth-order valence-electron chi connectivity index (χ4n) is 2.77. The van der Waals surface area contributed by atoms with Gasteiger partial charge in [-0.15, -0.1) is 0 Å². The first kappa shape index (κ1) is 23.3. The molecule has 0 aliphatic carbocycles. The van der Waals surface area contributed by atoms with Gasteiger partial charge in [0.2, 0.25) is 5.91 Å². The summed E-state index contributed by atoms with van der Waals surface area (Å²) in [6.07, 6.45) is 1.47. The summed E-state index contributed by atoms with van der Waals surface area (Å²) in [6, 6.07) is 5.74. The molecule has 0 fully saturated rings. The van der Waals surface area contributed by atoms with Crippen LogP contribution < -0.4 is 19.5 Å². The molecule has 0 heterocycles. The van der Waals surface area contributed by atoms with Crippen molar-refractivity contribution in [2.45, 2.75) is 58.0 Å². The monoisotopic (exact) mass is 398 g/mol. The predicted octanol–water partition coefficient (Wildman–Crippen LogP) is 2.51. The SMILES string of the molecule is C=S(C)(=O)NC(C)(C)C(=O)NC(C)(C)C(C)(C)c1ccc(OC)c(OC)c1. The number of ether oxygens (including phenoxy) is 2. The molecule has 1 atom stereocenters. The van der Waals surface area contributed by atoms with E-state index in [2.05, 4.69) is 29.8 Å². The summed E-state index contributed by atoms with van der Waals surface area (Å²) in [6.45, 7) is 11.4. The molecule has 1 rings (SSSR count). The van der Waals surface area contributed by atoms with Crippen molar-refractivity contribution in [3.05, 3.63) is 23.8 Å². The van der Waals surface area contributed by atoms with Crippen LogP contribution in [0.2, 0.25) is 0 Å². The lowest BCUT2D eigenvalue weighted by Gasteiger charge is -2.44. The minimum absolute atomic E-state index is 0.251. The Morgan fingerprint density at radius 3 is 2.00 bits per heavy atom. The number of carbonyl (C=O) groups excluding carboxylic acids is 1. The van der Waals surface area contributed by atoms with Gasteiger partial charge in [-0.1, -0.05) is 19.9 Å². The van der Waals surface area contributed by atoms with Gasteiger partial charge in [0, 0.05) is 26.9 Å². The number of rotatable bonds is 8. The van der Waals surface area contributed by atoms with Crippen LogP contribution in [0.25, 0.3) is 0 Å². The molecule has 154 valence electrons. The smallest absolute Gasteiger partial charge is 0.241 e. The first-order valence-electron chi connectivity index (χ1n) is 8.73. The molecule has 0 saturated heterocycles. The van der Waals surface area contributed by atoms with E-state index in [1.165, 1.54) is 6.26 Å². The fourth-order valence-corrected chi connectivity index (χ4v) is 3.94. The van der Waals surface area contributed by atoms with Gasteiger partial charge in [-0.25, -0.2) is 4.72 Å². The van der Waals surface area contributed by atoms with Crippen LogP contribution in [0.4, 0.5) is 0 Å². The normalized spacial score (nSPS) is 15.0. The van der Waals surface area contributed by atoms with Crippen molar-refractivity contribution in [2.24, 2.45) is 0 Å². The summed E-state index contributed by atoms with van der Waals surface area (Å²) in [5, 5.41) is 3.10. The van der Waals surface area contributed by atoms with Crippen molar-refractivity contribution in [1.29, 1.82) is 0 Å². The van der Waals surface area contributed by atoms with Gasteiger partial charge in [-0.2, -0.15) is 0 Å². The Hall–Kier alpha value is -1.73. The van der Waals surface area contributed by atoms with Gasteiger partial charge in [0.15, 0.2) is 11.5 Å². The molecule has 0 aromatic heterocycles. The van der Waals surface area contributed by atoms with E-state index < -0.39 is 26.2 Å². The molecule has 0 saturated carbocycles. The molecule has 1 amide bonds. The summed E-state index contributed by atoms with van der Waals surface area (Å²) >= 11 is 0. The second kappa shape index (κ2) is 7.72. The van der Waals surface area contributed by atoms with Crippen LogP contribution in [0.1, 0.15) is 47.1 Å². The molecule has 7 heteroatoms. The molecule has 6 nitrogen and oxygen atoms in total. The molecular weight excluding hydrogens is 364 g/mol. The summed E-state index contributed by atoms with van der Waals surface area (Å²) in [5.41, 5.74) is -1.08. The van der Waals surface area contributed by atoms with Crippen LogP contribution in [-0.2, 0) is 19.9 Å². The number of nitrogens with one attached hydrogen (secondary N) is 2. The number of methoxy groups -OCH3 is 2. The first-order chi connectivity index (χ1) is 12.1. The van der Waals surface area contributed by atoms with E-state index in [0.717, 1.165) is 5.56 Å². The summed E-state index contributed by atoms with van der Waals surface area (Å²) in [5.74, 6) is 4.61. The number of hydrogen-bond acceptors (Lipinski definition) is 4. The molecule has 1 aromatic rings. The lowest BCUT2D eigenvalue weighted by atomic mass is 9.69. The molecule has 2 N–H and O–H groups in total. The minimum atomic E-state index is -2.53. The zero-order valence-electron chi connectivity index (χ0n) is 18.0. The van der Waals surface area contributed by atoms with Gasteiger partial charge in [0.05, 0.1) is 14.2 Å². The Kier molecular flexibility index (Phi) is 6.66. The maximum Gasteiger partial charge on any atom is 0.241 e. The fraction of sp³-hybridized carbons (Fsp3) is 0.600. The van der Waals surface area contributed by atoms with Gasteiger partial charge in [-0.05, 0) is 51.3 Å². The highest BCUT2D eigenvalue weighted by Gasteiger charge is 2.42. The third kappa shape index (κ3) is 5.39. The molecule has 0 aliphatic heterocycles. The summed E-state index contributed by atoms with van der Waals surface area (Å²) in [7, 11) is 0.660. The number of amides is 1. The third-order valence-corrected chi connectivity index (χ3v) is 6.07. The first-order valence-corrected chi connectivity index (χ1v) is 10.9. The van der Waals surface area contributed by atoms with E-state index in [1.807, 2.05) is 32.0 Å². The van der Waals surface area contributed by atoms with Gasteiger partial charge >= 0.3 is 0 Å². The molecular formula is C20H34N2O4S. The number of carbonyl (C=O) groups is 1. The highest BCUT2D eigenvalue weighted by molar-refractivity contribution is 7.97. The maximum atomic E-state index is 12.9. The highest BCUT2D eigenvalue weighted by Crippen LogP contribution is 2.39. The van der Waals surface area contributed by atoms with Crippen molar-refractivity contribution in [3.8, 4) is 11.5 Å². The van der Waals surface area contributed by atoms with E-state index in [1.54, 1.807) is 28.1 Å². The van der Waals surface area contributed by atoms with E-state index >= 15 is 0 Å². The molecule has 1 aromatic carbocycles. The Labute approximate surface area is 164 Å². The van der Waals surface area contributed by atoms with Crippen molar-refractivity contribution in [3.63, 3.8) is 0 Å². The van der Waals surface area contributed by atoms with Crippen molar-refractivity contribution in [1.82, 2.24) is 10.0 Å². The maximum absolute atomic E-state index is 12.9. The third-order valence-electron chi connectivity index (χ3n) is 5.13. The average Bonchev–Trinajstić information content (AvgIpc) is 2.51. The van der Waals surface area contributed by atoms with Crippen LogP contribution in [0, 0.1) is 0 Å². The van der Waals surface area contributed by atoms with E-state index in [-0.39, 0.29) is 5.91 Å². The van der Waals surface area contributed by atoms with Crippen LogP contribution in [0.15, 0.2) is 18.2 Å². The Bertz CT molecular complexity index is 796. The summed E-state index contributed by atoms with van der Waals surface area (Å²) < 4.78 is 25.5. The molecule has 1 unspecified atom stereocenters. The number of benzene rings is 1. The second-order valence-corrected chi connectivity index (χ2v) is 10.7. The quantitative estimate of drug-likeness (QED) is 0.660. The van der Waals surface area contributed by atoms with Crippen molar-refractivity contribution in [2.75, 3.05) is 20.5 Å². The Morgan fingerprint density at radius 2 is 1.56 bits per heavy atom. The largest absolute Gasteiger partial charge is 0.493 e. The predicted molar refractivity (Wildman–Crippen MR) is 113 cm³/mol. The van der Waals surface area contributed by atoms with Crippen LogP contribution in [0.3, 0.4) is 0 Å². The van der Waals surface area contributed by atoms with Gasteiger partial charge in [0.25, 0.3) is 0 Å². The van der Waals surface area contributed by atoms with Gasteiger partial charge in [0.1, 0.15) is 5.54 Å². The van der Waals surface area contributed by atoms with Crippen LogP contribution >= 0.6 is 0 Å². The average molecular weight is 399 g/mol. The van der Waals surface area contributed by atoms with Crippen molar-refractivity contribution >= 4 is 21.5 Å². The van der Waals surface area contributed by atoms with Crippen LogP contribution in [0.5, 0.6) is 11.5 Å². The van der Waals surface area contributed by atoms with E-state index in [4.69, 9.17) is 9.47 Å². The standard InChI is InChI=1S/C20H34N2O4S/c1-18(2,14-11-12-15(25-7)16(13-14)26-8)20(5,6)21-17(23)19(3,4)22-27(9,10)24/h11-13H,9H2,1-8,10H3,(H,21,23)(H,22,24). The Morgan fingerprint density at radius 1 is 1.04 bits per heavy atom.